The Morgan fingerprint density at radius 1 is 1.33 bits per heavy atom. The van der Waals surface area contributed by atoms with Crippen molar-refractivity contribution in [2.45, 2.75) is 19.5 Å². The molecule has 2 rings (SSSR count). The molecule has 18 heavy (non-hydrogen) atoms. The van der Waals surface area contributed by atoms with Gasteiger partial charge in [-0.25, -0.2) is 0 Å². The van der Waals surface area contributed by atoms with E-state index in [4.69, 9.17) is 0 Å². The molecule has 0 aliphatic carbocycles. The maximum absolute atomic E-state index is 12.6. The molecule has 1 saturated heterocycles. The van der Waals surface area contributed by atoms with Crippen molar-refractivity contribution in [2.75, 3.05) is 30.4 Å². The van der Waals surface area contributed by atoms with Gasteiger partial charge in [0.25, 0.3) is 0 Å². The minimum atomic E-state index is -4.07. The fourth-order valence-corrected chi connectivity index (χ4v) is 2.39. The first-order valence-corrected chi connectivity index (χ1v) is 6.02. The zero-order valence-corrected chi connectivity index (χ0v) is 10.5. The number of rotatable bonds is 2. The van der Waals surface area contributed by atoms with Gasteiger partial charge in [-0.2, -0.15) is 13.2 Å². The van der Waals surface area contributed by atoms with Crippen molar-refractivity contribution in [3.8, 4) is 0 Å². The van der Waals surface area contributed by atoms with Crippen LogP contribution in [-0.4, -0.2) is 26.3 Å². The van der Waals surface area contributed by atoms with E-state index in [9.17, 15) is 13.2 Å². The molecule has 2 nitrogen and oxygen atoms in total. The van der Waals surface area contributed by atoms with E-state index in [2.05, 4.69) is 5.32 Å². The molecular formula is C13H17F3N2. The summed E-state index contributed by atoms with van der Waals surface area (Å²) in [4.78, 5) is 1.81. The highest BCUT2D eigenvalue weighted by Crippen LogP contribution is 2.36. The number of nitrogens with zero attached hydrogens (tertiary/aromatic N) is 1. The summed E-state index contributed by atoms with van der Waals surface area (Å²) in [6.45, 7) is 2.50. The topological polar surface area (TPSA) is 15.3 Å². The molecule has 100 valence electrons. The molecule has 1 aromatic carbocycles. The number of aryl methyl sites for hydroxylation is 1. The van der Waals surface area contributed by atoms with E-state index in [0.717, 1.165) is 16.9 Å². The normalized spacial score (nSPS) is 20.3. The molecule has 1 N–H and O–H groups in total. The largest absolute Gasteiger partial charge is 0.393 e. The predicted molar refractivity (Wildman–Crippen MR) is 67.1 cm³/mol. The van der Waals surface area contributed by atoms with Crippen molar-refractivity contribution in [1.82, 2.24) is 0 Å². The van der Waals surface area contributed by atoms with Crippen LogP contribution < -0.4 is 10.2 Å². The van der Waals surface area contributed by atoms with E-state index in [1.165, 1.54) is 0 Å². The Bertz CT molecular complexity index is 429. The first-order valence-electron chi connectivity index (χ1n) is 6.02. The SMILES string of the molecule is CNc1ccc(N2CCC(C(F)(F)F)C2)cc1C. The van der Waals surface area contributed by atoms with E-state index in [0.29, 0.717) is 6.54 Å². The molecule has 0 amide bonds. The summed E-state index contributed by atoms with van der Waals surface area (Å²) < 4.78 is 37.8. The fourth-order valence-electron chi connectivity index (χ4n) is 2.39. The zero-order chi connectivity index (χ0) is 13.3. The van der Waals surface area contributed by atoms with Crippen LogP contribution >= 0.6 is 0 Å². The number of nitrogens with one attached hydrogen (secondary N) is 1. The van der Waals surface area contributed by atoms with Crippen molar-refractivity contribution in [3.05, 3.63) is 23.8 Å². The smallest absolute Gasteiger partial charge is 0.388 e. The van der Waals surface area contributed by atoms with Crippen molar-refractivity contribution in [3.63, 3.8) is 0 Å². The minimum absolute atomic E-state index is 0.0713. The standard InChI is InChI=1S/C13H17F3N2/c1-9-7-11(3-4-12(9)17-2)18-6-5-10(8-18)13(14,15)16/h3-4,7,10,17H,5-6,8H2,1-2H3. The van der Waals surface area contributed by atoms with Gasteiger partial charge in [0.05, 0.1) is 5.92 Å². The fraction of sp³-hybridized carbons (Fsp3) is 0.538. The molecule has 0 aromatic heterocycles. The highest BCUT2D eigenvalue weighted by atomic mass is 19.4. The summed E-state index contributed by atoms with van der Waals surface area (Å²) in [6, 6.07) is 5.72. The highest BCUT2D eigenvalue weighted by Gasteiger charge is 2.43. The Balaban J connectivity index is 2.12. The van der Waals surface area contributed by atoms with Crippen molar-refractivity contribution in [2.24, 2.45) is 5.92 Å². The molecule has 0 bridgehead atoms. The van der Waals surface area contributed by atoms with Crippen molar-refractivity contribution in [1.29, 1.82) is 0 Å². The lowest BCUT2D eigenvalue weighted by Crippen LogP contribution is -2.27. The average molecular weight is 258 g/mol. The third-order valence-electron chi connectivity index (χ3n) is 3.50. The van der Waals surface area contributed by atoms with Crippen LogP contribution in [0.15, 0.2) is 18.2 Å². The maximum atomic E-state index is 12.6. The highest BCUT2D eigenvalue weighted by molar-refractivity contribution is 5.60. The Morgan fingerprint density at radius 3 is 2.56 bits per heavy atom. The Kier molecular flexibility index (Phi) is 3.41. The second-order valence-electron chi connectivity index (χ2n) is 4.72. The molecule has 1 fully saturated rings. The zero-order valence-electron chi connectivity index (χ0n) is 10.5. The van der Waals surface area contributed by atoms with E-state index in [1.54, 1.807) is 0 Å². The van der Waals surface area contributed by atoms with Gasteiger partial charge in [-0.05, 0) is 37.1 Å². The maximum Gasteiger partial charge on any atom is 0.393 e. The van der Waals surface area contributed by atoms with Gasteiger partial charge < -0.3 is 10.2 Å². The van der Waals surface area contributed by atoms with Crippen molar-refractivity contribution < 1.29 is 13.2 Å². The molecule has 1 aliphatic rings. The number of alkyl halides is 3. The van der Waals surface area contributed by atoms with Gasteiger partial charge >= 0.3 is 6.18 Å². The van der Waals surface area contributed by atoms with E-state index in [1.807, 2.05) is 37.1 Å². The molecule has 1 aromatic rings. The van der Waals surface area contributed by atoms with Gasteiger partial charge in [-0.1, -0.05) is 0 Å². The third-order valence-corrected chi connectivity index (χ3v) is 3.50. The number of hydrogen-bond acceptors (Lipinski definition) is 2. The Hall–Kier alpha value is -1.39. The first-order chi connectivity index (χ1) is 8.41. The molecule has 0 spiro atoms. The van der Waals surface area contributed by atoms with Gasteiger partial charge in [0.15, 0.2) is 0 Å². The van der Waals surface area contributed by atoms with E-state index >= 15 is 0 Å². The van der Waals surface area contributed by atoms with Gasteiger partial charge in [0.2, 0.25) is 0 Å². The molecule has 1 heterocycles. The van der Waals surface area contributed by atoms with Gasteiger partial charge in [0, 0.05) is 31.5 Å². The lowest BCUT2D eigenvalue weighted by atomic mass is 10.1. The number of benzene rings is 1. The molecule has 5 heteroatoms. The summed E-state index contributed by atoms with van der Waals surface area (Å²) in [7, 11) is 1.83. The molecule has 0 radical (unpaired) electrons. The lowest BCUT2D eigenvalue weighted by molar-refractivity contribution is -0.168. The second-order valence-corrected chi connectivity index (χ2v) is 4.72. The molecule has 1 atom stereocenters. The number of halogens is 3. The molecular weight excluding hydrogens is 241 g/mol. The predicted octanol–water partition coefficient (Wildman–Crippen LogP) is 3.43. The molecule has 1 unspecified atom stereocenters. The quantitative estimate of drug-likeness (QED) is 0.874. The summed E-state index contributed by atoms with van der Waals surface area (Å²) >= 11 is 0. The lowest BCUT2D eigenvalue weighted by Gasteiger charge is -2.21. The van der Waals surface area contributed by atoms with Crippen molar-refractivity contribution >= 4 is 11.4 Å². The third kappa shape index (κ3) is 2.54. The summed E-state index contributed by atoms with van der Waals surface area (Å²) in [5, 5.41) is 3.05. The van der Waals surface area contributed by atoms with E-state index in [-0.39, 0.29) is 13.0 Å². The Labute approximate surface area is 105 Å². The molecule has 0 saturated carbocycles. The van der Waals surface area contributed by atoms with Crippen LogP contribution in [0.3, 0.4) is 0 Å². The monoisotopic (exact) mass is 258 g/mol. The first kappa shape index (κ1) is 13.1. The van der Waals surface area contributed by atoms with E-state index < -0.39 is 12.1 Å². The van der Waals surface area contributed by atoms with Crippen LogP contribution in [-0.2, 0) is 0 Å². The summed E-state index contributed by atoms with van der Waals surface area (Å²) in [6.07, 6.45) is -3.88. The van der Waals surface area contributed by atoms with Gasteiger partial charge in [-0.3, -0.25) is 0 Å². The summed E-state index contributed by atoms with van der Waals surface area (Å²) in [5.74, 6) is -1.19. The van der Waals surface area contributed by atoms with Crippen LogP contribution in [0.4, 0.5) is 24.5 Å². The molecule has 1 aliphatic heterocycles. The minimum Gasteiger partial charge on any atom is -0.388 e. The summed E-state index contributed by atoms with van der Waals surface area (Å²) in [5.41, 5.74) is 2.93. The number of hydrogen-bond donors (Lipinski definition) is 1. The van der Waals surface area contributed by atoms with Crippen LogP contribution in [0.1, 0.15) is 12.0 Å². The second kappa shape index (κ2) is 4.71. The Morgan fingerprint density at radius 2 is 2.06 bits per heavy atom. The van der Waals surface area contributed by atoms with Crippen LogP contribution in [0.25, 0.3) is 0 Å². The van der Waals surface area contributed by atoms with Gasteiger partial charge in [0.1, 0.15) is 0 Å². The average Bonchev–Trinajstić information content (AvgIpc) is 2.77. The van der Waals surface area contributed by atoms with Gasteiger partial charge in [-0.15, -0.1) is 0 Å². The number of anilines is 2. The van der Waals surface area contributed by atoms with Crippen LogP contribution in [0.2, 0.25) is 0 Å². The van der Waals surface area contributed by atoms with Crippen LogP contribution in [0, 0.1) is 12.8 Å². The van der Waals surface area contributed by atoms with Crippen LogP contribution in [0.5, 0.6) is 0 Å².